The Morgan fingerprint density at radius 2 is 0.946 bits per heavy atom. The summed E-state index contributed by atoms with van der Waals surface area (Å²) in [4.78, 5) is 0. The molecule has 1 nitrogen and oxygen atoms in total. The highest BCUT2D eigenvalue weighted by Crippen LogP contribution is 2.44. The van der Waals surface area contributed by atoms with Gasteiger partial charge in [-0.3, -0.25) is 0 Å². The number of fused-ring (bicyclic) bond motifs is 10. The number of hydrogen-bond donors (Lipinski definition) is 0. The molecule has 1 aromatic heterocycles. The molecule has 172 valence electrons. The van der Waals surface area contributed by atoms with Crippen LogP contribution in [0.2, 0.25) is 0 Å². The van der Waals surface area contributed by atoms with Gasteiger partial charge in [-0.05, 0) is 56.3 Å². The molecule has 0 spiro atoms. The number of benzene rings is 7. The third-order valence-corrected chi connectivity index (χ3v) is 7.76. The van der Waals surface area contributed by atoms with E-state index in [0.29, 0.717) is 0 Å². The Kier molecular flexibility index (Phi) is 4.29. The second-order valence-electron chi connectivity index (χ2n) is 9.74. The van der Waals surface area contributed by atoms with Gasteiger partial charge in [-0.1, -0.05) is 121 Å². The zero-order valence-electron chi connectivity index (χ0n) is 20.2. The van der Waals surface area contributed by atoms with Crippen molar-refractivity contribution >= 4 is 54.1 Å². The highest BCUT2D eigenvalue weighted by molar-refractivity contribution is 6.35. The quantitative estimate of drug-likeness (QED) is 0.222. The normalized spacial score (nSPS) is 11.8. The van der Waals surface area contributed by atoms with Gasteiger partial charge in [0.1, 0.15) is 0 Å². The van der Waals surface area contributed by atoms with E-state index in [1.165, 1.54) is 70.9 Å². The summed E-state index contributed by atoms with van der Waals surface area (Å²) in [5.41, 5.74) is 6.14. The van der Waals surface area contributed by atoms with Gasteiger partial charge in [0, 0.05) is 21.8 Å². The monoisotopic (exact) mass is 469 g/mol. The second kappa shape index (κ2) is 7.81. The lowest BCUT2D eigenvalue weighted by atomic mass is 9.93. The van der Waals surface area contributed by atoms with Crippen molar-refractivity contribution in [3.05, 3.63) is 140 Å². The minimum atomic E-state index is 1.18. The lowest BCUT2D eigenvalue weighted by Gasteiger charge is -2.14. The largest absolute Gasteiger partial charge is 0.309 e. The van der Waals surface area contributed by atoms with Crippen LogP contribution in [0.15, 0.2) is 140 Å². The first kappa shape index (κ1) is 20.3. The minimum absolute atomic E-state index is 1.18. The standard InChI is InChI=1S/C36H23N/c1-2-10-24(11-3-1)25-18-21-27(22-19-25)37-33-17-9-8-16-31(33)35-30-15-7-6-14-29(30)34-28-13-5-4-12-26(28)20-23-32(34)36(35)37/h1-23H. The van der Waals surface area contributed by atoms with Gasteiger partial charge in [0.2, 0.25) is 0 Å². The van der Waals surface area contributed by atoms with Crippen LogP contribution in [0.1, 0.15) is 0 Å². The second-order valence-corrected chi connectivity index (χ2v) is 9.74. The Balaban J connectivity index is 1.56. The lowest BCUT2D eigenvalue weighted by Crippen LogP contribution is -1.95. The van der Waals surface area contributed by atoms with Crippen molar-refractivity contribution in [1.82, 2.24) is 4.57 Å². The number of para-hydroxylation sites is 1. The molecule has 8 rings (SSSR count). The van der Waals surface area contributed by atoms with Crippen molar-refractivity contribution in [3.63, 3.8) is 0 Å². The summed E-state index contributed by atoms with van der Waals surface area (Å²) in [6.07, 6.45) is 0. The van der Waals surface area contributed by atoms with Crippen LogP contribution >= 0.6 is 0 Å². The van der Waals surface area contributed by atoms with E-state index in [1.54, 1.807) is 0 Å². The average molecular weight is 470 g/mol. The number of rotatable bonds is 2. The van der Waals surface area contributed by atoms with Crippen LogP contribution in [0.3, 0.4) is 0 Å². The van der Waals surface area contributed by atoms with E-state index < -0.39 is 0 Å². The van der Waals surface area contributed by atoms with Gasteiger partial charge < -0.3 is 4.57 Å². The Bertz CT molecular complexity index is 2110. The van der Waals surface area contributed by atoms with Crippen LogP contribution in [0.5, 0.6) is 0 Å². The first-order valence-electron chi connectivity index (χ1n) is 12.8. The molecule has 0 radical (unpaired) electrons. The van der Waals surface area contributed by atoms with E-state index in [2.05, 4.69) is 144 Å². The predicted octanol–water partition coefficient (Wildman–Crippen LogP) is 9.91. The summed E-state index contributed by atoms with van der Waals surface area (Å²) in [7, 11) is 0. The predicted molar refractivity (Wildman–Crippen MR) is 159 cm³/mol. The van der Waals surface area contributed by atoms with Gasteiger partial charge in [0.25, 0.3) is 0 Å². The van der Waals surface area contributed by atoms with Gasteiger partial charge in [-0.25, -0.2) is 0 Å². The van der Waals surface area contributed by atoms with Crippen LogP contribution in [-0.4, -0.2) is 4.57 Å². The van der Waals surface area contributed by atoms with E-state index in [-0.39, 0.29) is 0 Å². The Morgan fingerprint density at radius 3 is 1.73 bits per heavy atom. The Labute approximate surface area is 214 Å². The molecule has 0 saturated carbocycles. The van der Waals surface area contributed by atoms with Gasteiger partial charge in [0.05, 0.1) is 11.0 Å². The molecule has 7 aromatic carbocycles. The van der Waals surface area contributed by atoms with Crippen molar-refractivity contribution in [3.8, 4) is 16.8 Å². The summed E-state index contributed by atoms with van der Waals surface area (Å²) in [5.74, 6) is 0. The fourth-order valence-electron chi connectivity index (χ4n) is 6.15. The summed E-state index contributed by atoms with van der Waals surface area (Å²) in [6.45, 7) is 0. The zero-order chi connectivity index (χ0) is 24.3. The summed E-state index contributed by atoms with van der Waals surface area (Å²) < 4.78 is 2.46. The highest BCUT2D eigenvalue weighted by Gasteiger charge is 2.19. The van der Waals surface area contributed by atoms with E-state index in [0.717, 1.165) is 0 Å². The molecule has 0 unspecified atom stereocenters. The first-order chi connectivity index (χ1) is 18.4. The van der Waals surface area contributed by atoms with E-state index in [4.69, 9.17) is 0 Å². The lowest BCUT2D eigenvalue weighted by molar-refractivity contribution is 1.19. The van der Waals surface area contributed by atoms with Crippen LogP contribution in [-0.2, 0) is 0 Å². The van der Waals surface area contributed by atoms with E-state index >= 15 is 0 Å². The molecule has 0 atom stereocenters. The summed E-state index contributed by atoms with van der Waals surface area (Å²) in [6, 6.07) is 50.7. The van der Waals surface area contributed by atoms with Gasteiger partial charge in [-0.2, -0.15) is 0 Å². The number of nitrogens with zero attached hydrogens (tertiary/aromatic N) is 1. The molecule has 1 heteroatoms. The summed E-state index contributed by atoms with van der Waals surface area (Å²) >= 11 is 0. The molecule has 0 fully saturated rings. The maximum Gasteiger partial charge on any atom is 0.0626 e. The van der Waals surface area contributed by atoms with Crippen molar-refractivity contribution in [2.24, 2.45) is 0 Å². The number of hydrogen-bond acceptors (Lipinski definition) is 0. The highest BCUT2D eigenvalue weighted by atomic mass is 15.0. The molecule has 0 aliphatic carbocycles. The van der Waals surface area contributed by atoms with Gasteiger partial charge >= 0.3 is 0 Å². The van der Waals surface area contributed by atoms with Crippen LogP contribution in [0.25, 0.3) is 70.9 Å². The molecular weight excluding hydrogens is 446 g/mol. The first-order valence-corrected chi connectivity index (χ1v) is 12.8. The van der Waals surface area contributed by atoms with Gasteiger partial charge in [-0.15, -0.1) is 0 Å². The minimum Gasteiger partial charge on any atom is -0.309 e. The summed E-state index contributed by atoms with van der Waals surface area (Å²) in [5, 5.41) is 10.4. The molecule has 0 bridgehead atoms. The molecule has 0 aliphatic rings. The smallest absolute Gasteiger partial charge is 0.0626 e. The average Bonchev–Trinajstić information content (AvgIpc) is 3.33. The maximum absolute atomic E-state index is 2.46. The molecule has 0 amide bonds. The van der Waals surface area contributed by atoms with E-state index in [9.17, 15) is 0 Å². The molecule has 37 heavy (non-hydrogen) atoms. The molecule has 0 aliphatic heterocycles. The van der Waals surface area contributed by atoms with Crippen LogP contribution in [0, 0.1) is 0 Å². The van der Waals surface area contributed by atoms with Crippen LogP contribution in [0.4, 0.5) is 0 Å². The zero-order valence-corrected chi connectivity index (χ0v) is 20.2. The van der Waals surface area contributed by atoms with Crippen molar-refractivity contribution < 1.29 is 0 Å². The SMILES string of the molecule is c1ccc(-c2ccc(-n3c4ccccc4c4c5ccccc5c5c6ccccc6ccc5c43)cc2)cc1. The molecule has 0 N–H and O–H groups in total. The van der Waals surface area contributed by atoms with Crippen molar-refractivity contribution in [2.75, 3.05) is 0 Å². The molecular formula is C36H23N. The van der Waals surface area contributed by atoms with E-state index in [1.807, 2.05) is 0 Å². The third-order valence-electron chi connectivity index (χ3n) is 7.76. The molecule has 8 aromatic rings. The number of aromatic nitrogens is 1. The van der Waals surface area contributed by atoms with Gasteiger partial charge in [0.15, 0.2) is 0 Å². The molecule has 0 saturated heterocycles. The fraction of sp³-hybridized carbons (Fsp3) is 0. The van der Waals surface area contributed by atoms with Crippen LogP contribution < -0.4 is 0 Å². The topological polar surface area (TPSA) is 4.93 Å². The Morgan fingerprint density at radius 1 is 0.351 bits per heavy atom. The Hall–Kier alpha value is -4.88. The van der Waals surface area contributed by atoms with Crippen molar-refractivity contribution in [1.29, 1.82) is 0 Å². The maximum atomic E-state index is 2.46. The fourth-order valence-corrected chi connectivity index (χ4v) is 6.15. The third kappa shape index (κ3) is 2.92. The molecule has 1 heterocycles. The van der Waals surface area contributed by atoms with Crippen molar-refractivity contribution in [2.45, 2.75) is 0 Å².